The number of hydrogen-bond acceptors (Lipinski definition) is 3. The van der Waals surface area contributed by atoms with Crippen molar-refractivity contribution >= 4 is 0 Å². The maximum absolute atomic E-state index is 5.20. The fourth-order valence-corrected chi connectivity index (χ4v) is 2.08. The number of methoxy groups -OCH3 is 1. The lowest BCUT2D eigenvalue weighted by Crippen LogP contribution is -2.44. The third kappa shape index (κ3) is 7.20. The van der Waals surface area contributed by atoms with Crippen LogP contribution < -0.4 is 5.32 Å². The van der Waals surface area contributed by atoms with E-state index in [9.17, 15) is 0 Å². The first kappa shape index (κ1) is 15.9. The zero-order valence-electron chi connectivity index (χ0n) is 11.8. The summed E-state index contributed by atoms with van der Waals surface area (Å²) in [6.07, 6.45) is 2.51. The monoisotopic (exact) mass is 230 g/mol. The lowest BCUT2D eigenvalue weighted by molar-refractivity contribution is 0.105. The lowest BCUT2D eigenvalue weighted by atomic mass is 10.1. The molecule has 0 fully saturated rings. The molecule has 0 aliphatic heterocycles. The fraction of sp³-hybridized carbons (Fsp3) is 1.00. The first-order valence-electron chi connectivity index (χ1n) is 6.53. The third-order valence-electron chi connectivity index (χ3n) is 2.76. The van der Waals surface area contributed by atoms with E-state index < -0.39 is 0 Å². The zero-order valence-corrected chi connectivity index (χ0v) is 11.8. The molecule has 0 aliphatic carbocycles. The summed E-state index contributed by atoms with van der Waals surface area (Å²) in [7, 11) is 3.81. The lowest BCUT2D eigenvalue weighted by Gasteiger charge is -2.32. The van der Waals surface area contributed by atoms with Crippen LogP contribution in [0.5, 0.6) is 0 Å². The average Bonchev–Trinajstić information content (AvgIpc) is 2.23. The van der Waals surface area contributed by atoms with Gasteiger partial charge >= 0.3 is 0 Å². The van der Waals surface area contributed by atoms with Crippen molar-refractivity contribution in [3.05, 3.63) is 0 Å². The van der Waals surface area contributed by atoms with Crippen LogP contribution in [0.25, 0.3) is 0 Å². The van der Waals surface area contributed by atoms with Crippen molar-refractivity contribution in [3.63, 3.8) is 0 Å². The quantitative estimate of drug-likeness (QED) is 0.621. The van der Waals surface area contributed by atoms with Gasteiger partial charge in [0.05, 0.1) is 6.61 Å². The SMILES string of the molecule is CCCC(CNC)N(CCOC)CC(C)C. The van der Waals surface area contributed by atoms with Crippen LogP contribution >= 0.6 is 0 Å². The van der Waals surface area contributed by atoms with E-state index in [0.29, 0.717) is 12.0 Å². The van der Waals surface area contributed by atoms with Gasteiger partial charge in [0, 0.05) is 32.8 Å². The highest BCUT2D eigenvalue weighted by molar-refractivity contribution is 4.74. The molecule has 1 N–H and O–H groups in total. The Morgan fingerprint density at radius 2 is 2.00 bits per heavy atom. The van der Waals surface area contributed by atoms with E-state index in [1.807, 2.05) is 7.05 Å². The van der Waals surface area contributed by atoms with E-state index in [1.165, 1.54) is 12.8 Å². The van der Waals surface area contributed by atoms with Crippen LogP contribution in [0.4, 0.5) is 0 Å². The molecular formula is C13H30N2O. The van der Waals surface area contributed by atoms with Gasteiger partial charge in [0.2, 0.25) is 0 Å². The highest BCUT2D eigenvalue weighted by Crippen LogP contribution is 2.09. The summed E-state index contributed by atoms with van der Waals surface area (Å²) in [6, 6.07) is 0.646. The van der Waals surface area contributed by atoms with Gasteiger partial charge in [0.15, 0.2) is 0 Å². The number of nitrogens with zero attached hydrogens (tertiary/aromatic N) is 1. The van der Waals surface area contributed by atoms with E-state index in [1.54, 1.807) is 7.11 Å². The Hall–Kier alpha value is -0.120. The summed E-state index contributed by atoms with van der Waals surface area (Å²) in [5.74, 6) is 0.716. The second kappa shape index (κ2) is 10.1. The van der Waals surface area contributed by atoms with E-state index in [4.69, 9.17) is 4.74 Å². The minimum absolute atomic E-state index is 0.646. The van der Waals surface area contributed by atoms with Crippen molar-refractivity contribution in [1.82, 2.24) is 10.2 Å². The second-order valence-corrected chi connectivity index (χ2v) is 4.88. The molecule has 0 bridgehead atoms. The van der Waals surface area contributed by atoms with Crippen molar-refractivity contribution in [2.45, 2.75) is 39.7 Å². The summed E-state index contributed by atoms with van der Waals surface area (Å²) in [5.41, 5.74) is 0. The normalized spacial score (nSPS) is 13.7. The summed E-state index contributed by atoms with van der Waals surface area (Å²) in [5, 5.41) is 3.30. The molecule has 16 heavy (non-hydrogen) atoms. The fourth-order valence-electron chi connectivity index (χ4n) is 2.08. The molecule has 0 heterocycles. The van der Waals surface area contributed by atoms with Gasteiger partial charge in [0.1, 0.15) is 0 Å². The smallest absolute Gasteiger partial charge is 0.0589 e. The van der Waals surface area contributed by atoms with Crippen LogP contribution in [0, 0.1) is 5.92 Å². The molecule has 3 nitrogen and oxygen atoms in total. The number of nitrogens with one attached hydrogen (secondary N) is 1. The molecule has 98 valence electrons. The van der Waals surface area contributed by atoms with E-state index in [0.717, 1.165) is 26.2 Å². The van der Waals surface area contributed by atoms with E-state index in [2.05, 4.69) is 31.0 Å². The minimum Gasteiger partial charge on any atom is -0.383 e. The van der Waals surface area contributed by atoms with E-state index >= 15 is 0 Å². The van der Waals surface area contributed by atoms with Gasteiger partial charge in [-0.3, -0.25) is 4.90 Å². The van der Waals surface area contributed by atoms with Gasteiger partial charge in [-0.25, -0.2) is 0 Å². The molecule has 0 amide bonds. The molecular weight excluding hydrogens is 200 g/mol. The summed E-state index contributed by atoms with van der Waals surface area (Å²) in [4.78, 5) is 2.56. The Bertz CT molecular complexity index is 145. The van der Waals surface area contributed by atoms with Gasteiger partial charge < -0.3 is 10.1 Å². The molecule has 0 aromatic heterocycles. The molecule has 0 rings (SSSR count). The van der Waals surface area contributed by atoms with Crippen molar-refractivity contribution in [1.29, 1.82) is 0 Å². The number of hydrogen-bond donors (Lipinski definition) is 1. The Morgan fingerprint density at radius 1 is 1.31 bits per heavy atom. The van der Waals surface area contributed by atoms with Gasteiger partial charge in [-0.1, -0.05) is 27.2 Å². The predicted molar refractivity (Wildman–Crippen MR) is 70.9 cm³/mol. The van der Waals surface area contributed by atoms with Crippen molar-refractivity contribution < 1.29 is 4.74 Å². The number of rotatable bonds is 10. The topological polar surface area (TPSA) is 24.5 Å². The van der Waals surface area contributed by atoms with E-state index in [-0.39, 0.29) is 0 Å². The van der Waals surface area contributed by atoms with Crippen molar-refractivity contribution in [2.75, 3.05) is 40.4 Å². The first-order chi connectivity index (χ1) is 7.65. The Kier molecular flexibility index (Phi) is 9.99. The largest absolute Gasteiger partial charge is 0.383 e. The Balaban J connectivity index is 4.26. The molecule has 0 radical (unpaired) electrons. The summed E-state index contributed by atoms with van der Waals surface area (Å²) < 4.78 is 5.20. The molecule has 0 aliphatic rings. The van der Waals surface area contributed by atoms with Gasteiger partial charge in [0.25, 0.3) is 0 Å². The molecule has 1 atom stereocenters. The highest BCUT2D eigenvalue weighted by atomic mass is 16.5. The van der Waals surface area contributed by atoms with Gasteiger partial charge in [-0.2, -0.15) is 0 Å². The first-order valence-corrected chi connectivity index (χ1v) is 6.53. The highest BCUT2D eigenvalue weighted by Gasteiger charge is 2.17. The summed E-state index contributed by atoms with van der Waals surface area (Å²) >= 11 is 0. The van der Waals surface area contributed by atoms with Crippen LogP contribution in [0.1, 0.15) is 33.6 Å². The maximum Gasteiger partial charge on any atom is 0.0589 e. The van der Waals surface area contributed by atoms with Crippen LogP contribution in [-0.2, 0) is 4.74 Å². The molecule has 1 unspecified atom stereocenters. The Morgan fingerprint density at radius 3 is 2.44 bits per heavy atom. The van der Waals surface area contributed by atoms with Gasteiger partial charge in [-0.05, 0) is 19.4 Å². The summed E-state index contributed by atoms with van der Waals surface area (Å²) in [6.45, 7) is 10.9. The number of likely N-dealkylation sites (N-methyl/N-ethyl adjacent to an activating group) is 1. The third-order valence-corrected chi connectivity index (χ3v) is 2.76. The maximum atomic E-state index is 5.20. The molecule has 0 spiro atoms. The molecule has 0 aromatic rings. The van der Waals surface area contributed by atoms with Crippen molar-refractivity contribution in [3.8, 4) is 0 Å². The van der Waals surface area contributed by atoms with Crippen LogP contribution in [-0.4, -0.2) is 51.3 Å². The predicted octanol–water partition coefficient (Wildman–Crippen LogP) is 1.98. The minimum atomic E-state index is 0.646. The number of ether oxygens (including phenoxy) is 1. The van der Waals surface area contributed by atoms with Crippen LogP contribution in [0.3, 0.4) is 0 Å². The average molecular weight is 230 g/mol. The molecule has 0 aromatic carbocycles. The zero-order chi connectivity index (χ0) is 12.4. The van der Waals surface area contributed by atoms with Crippen LogP contribution in [0.2, 0.25) is 0 Å². The van der Waals surface area contributed by atoms with Crippen LogP contribution in [0.15, 0.2) is 0 Å². The Labute approximate surface area is 102 Å². The van der Waals surface area contributed by atoms with Gasteiger partial charge in [-0.15, -0.1) is 0 Å². The molecule has 3 heteroatoms. The van der Waals surface area contributed by atoms with Crippen molar-refractivity contribution in [2.24, 2.45) is 5.92 Å². The standard InChI is InChI=1S/C13H30N2O/c1-6-7-13(10-14-4)15(8-9-16-5)11-12(2)3/h12-14H,6-11H2,1-5H3. The molecule has 0 saturated carbocycles. The second-order valence-electron chi connectivity index (χ2n) is 4.88. The molecule has 0 saturated heterocycles.